The fraction of sp³-hybridized carbons (Fsp3) is 0. The van der Waals surface area contributed by atoms with E-state index in [1.54, 1.807) is 0 Å². The molecule has 0 saturated heterocycles. The van der Waals surface area contributed by atoms with Crippen LogP contribution < -0.4 is 0 Å². The van der Waals surface area contributed by atoms with Gasteiger partial charge in [0.05, 0.1) is 0 Å². The van der Waals surface area contributed by atoms with Crippen LogP contribution in [0.5, 0.6) is 0 Å². The van der Waals surface area contributed by atoms with E-state index in [9.17, 15) is 0 Å². The maximum Gasteiger partial charge on any atom is 4.00 e. The van der Waals surface area contributed by atoms with E-state index < -0.39 is 0 Å². The summed E-state index contributed by atoms with van der Waals surface area (Å²) in [4.78, 5) is 0. The Bertz CT molecular complexity index is 4.00. The molecule has 0 radical (unpaired) electrons. The van der Waals surface area contributed by atoms with Gasteiger partial charge < -0.3 is 11.0 Å². The Morgan fingerprint density at radius 1 is 0.750 bits per heavy atom. The van der Waals surface area contributed by atoms with Crippen LogP contribution in [0.15, 0.2) is 0 Å². The van der Waals surface area contributed by atoms with Crippen LogP contribution in [0.4, 0.5) is 0 Å². The van der Waals surface area contributed by atoms with Crippen molar-refractivity contribution in [1.29, 1.82) is 0 Å². The average Bonchev–Trinajstić information content (AvgIpc) is 0. The van der Waals surface area contributed by atoms with Gasteiger partial charge in [0.1, 0.15) is 0 Å². The molecule has 0 aliphatic heterocycles. The van der Waals surface area contributed by atoms with Crippen molar-refractivity contribution in [2.24, 2.45) is 0 Å². The van der Waals surface area contributed by atoms with Crippen molar-refractivity contribution in [3.05, 3.63) is 0 Å². The summed E-state index contributed by atoms with van der Waals surface area (Å²) in [7, 11) is 0. The summed E-state index contributed by atoms with van der Waals surface area (Å²) in [5.74, 6) is 0. The Balaban J connectivity index is 0. The molecule has 2 nitrogen and oxygen atoms in total. The second kappa shape index (κ2) is 26.8. The molecule has 1 N–H and O–H groups in total. The molecule has 0 aliphatic rings. The normalized spacial score (nSPS) is 0. The predicted octanol–water partition coefficient (Wildman–Crippen LogP) is -0.301. The molecule has 4 heteroatoms. The van der Waals surface area contributed by atoms with Gasteiger partial charge in [-0.25, -0.2) is 0 Å². The molecule has 4 heavy (non-hydrogen) atoms. The van der Waals surface area contributed by atoms with E-state index in [4.69, 9.17) is 0 Å². The summed E-state index contributed by atoms with van der Waals surface area (Å²) in [5, 5.41) is 0. The minimum Gasteiger partial charge on any atom is -2.00 e. The third kappa shape index (κ3) is 10.2. The van der Waals surface area contributed by atoms with Gasteiger partial charge in [0.25, 0.3) is 0 Å². The molecule has 0 fully saturated rings. The fourth-order valence-electron chi connectivity index (χ4n) is 0. The standard InChI is InChI=1S/H2O.O.2Ti/h1H2;;;/q;-2;2*+4/p-1. The summed E-state index contributed by atoms with van der Waals surface area (Å²) in [6, 6.07) is 0. The second-order valence-corrected chi connectivity index (χ2v) is 0. The maximum absolute atomic E-state index is 0. The molecule has 0 atom stereocenters. The zero-order valence-electron chi connectivity index (χ0n) is 1.86. The third-order valence-electron chi connectivity index (χ3n) is 0. The van der Waals surface area contributed by atoms with Crippen molar-refractivity contribution < 1.29 is 54.4 Å². The van der Waals surface area contributed by atoms with Gasteiger partial charge in [0, 0.05) is 0 Å². The van der Waals surface area contributed by atoms with E-state index in [0.717, 1.165) is 0 Å². The van der Waals surface area contributed by atoms with Crippen LogP contribution in [0.1, 0.15) is 0 Å². The fourth-order valence-corrected chi connectivity index (χ4v) is 0. The van der Waals surface area contributed by atoms with Crippen molar-refractivity contribution in [1.82, 2.24) is 0 Å². The molecular formula is HO2Ti2+5. The number of hydrogen-bond donors (Lipinski definition) is 0. The van der Waals surface area contributed by atoms with E-state index >= 15 is 0 Å². The Labute approximate surface area is 54.3 Å². The van der Waals surface area contributed by atoms with Gasteiger partial charge in [0.15, 0.2) is 0 Å². The first-order valence-electron chi connectivity index (χ1n) is 0. The van der Waals surface area contributed by atoms with Crippen LogP contribution in [0.3, 0.4) is 0 Å². The van der Waals surface area contributed by atoms with E-state index in [1.165, 1.54) is 0 Å². The topological polar surface area (TPSA) is 58.5 Å². The van der Waals surface area contributed by atoms with Gasteiger partial charge in [-0.2, -0.15) is 0 Å². The van der Waals surface area contributed by atoms with Gasteiger partial charge >= 0.3 is 43.4 Å². The molecule has 0 heterocycles. The molecule has 0 amide bonds. The quantitative estimate of drug-likeness (QED) is 0.414. The van der Waals surface area contributed by atoms with E-state index in [0.29, 0.717) is 0 Å². The Hall–Kier alpha value is 1.35. The molecule has 0 rings (SSSR count). The Morgan fingerprint density at radius 2 is 0.750 bits per heavy atom. The van der Waals surface area contributed by atoms with Crippen molar-refractivity contribution in [3.63, 3.8) is 0 Å². The smallest absolute Gasteiger partial charge is 2.00 e. The molecule has 0 aliphatic carbocycles. The van der Waals surface area contributed by atoms with Gasteiger partial charge in [-0.3, -0.25) is 0 Å². The first-order valence-corrected chi connectivity index (χ1v) is 0. The summed E-state index contributed by atoms with van der Waals surface area (Å²) in [6.07, 6.45) is 0. The van der Waals surface area contributed by atoms with Gasteiger partial charge in [-0.15, -0.1) is 0 Å². The van der Waals surface area contributed by atoms with Crippen LogP contribution in [0, 0.1) is 0 Å². The average molecular weight is 129 g/mol. The summed E-state index contributed by atoms with van der Waals surface area (Å²) in [6.45, 7) is 0. The van der Waals surface area contributed by atoms with Gasteiger partial charge in [-0.05, 0) is 0 Å². The second-order valence-electron chi connectivity index (χ2n) is 0. The zero-order chi connectivity index (χ0) is 0. The number of hydrogen-bond acceptors (Lipinski definition) is 1. The molecule has 0 saturated carbocycles. The van der Waals surface area contributed by atoms with Gasteiger partial charge in [0.2, 0.25) is 0 Å². The van der Waals surface area contributed by atoms with E-state index in [-0.39, 0.29) is 54.4 Å². The monoisotopic (exact) mass is 129 g/mol. The first kappa shape index (κ1) is 55.6. The maximum atomic E-state index is 0. The largest absolute Gasteiger partial charge is 4.00 e. The van der Waals surface area contributed by atoms with E-state index in [1.807, 2.05) is 0 Å². The van der Waals surface area contributed by atoms with Crippen LogP contribution in [-0.4, -0.2) is 5.48 Å². The molecule has 0 aromatic carbocycles. The molecule has 0 aromatic rings. The van der Waals surface area contributed by atoms with Crippen LogP contribution in [-0.2, 0) is 48.9 Å². The molecule has 16 valence electrons. The predicted molar refractivity (Wildman–Crippen MR) is 2.62 cm³/mol. The molecule has 0 aromatic heterocycles. The minimum absolute atomic E-state index is 0. The van der Waals surface area contributed by atoms with Crippen LogP contribution >= 0.6 is 0 Å². The molecule has 0 spiro atoms. The van der Waals surface area contributed by atoms with Crippen molar-refractivity contribution >= 4 is 0 Å². The number of rotatable bonds is 0. The Morgan fingerprint density at radius 3 is 0.750 bits per heavy atom. The van der Waals surface area contributed by atoms with Gasteiger partial charge in [-0.1, -0.05) is 0 Å². The van der Waals surface area contributed by atoms with Crippen molar-refractivity contribution in [2.45, 2.75) is 0 Å². The zero-order valence-corrected chi connectivity index (χ0v) is 4.98. The SMILES string of the molecule is [O-2].[OH-].[Ti+4].[Ti+4]. The third-order valence-corrected chi connectivity index (χ3v) is 0. The van der Waals surface area contributed by atoms with Crippen molar-refractivity contribution in [2.75, 3.05) is 0 Å². The Kier molecular flexibility index (Phi) is 373. The summed E-state index contributed by atoms with van der Waals surface area (Å²) < 4.78 is 0. The van der Waals surface area contributed by atoms with Crippen molar-refractivity contribution in [3.8, 4) is 0 Å². The molecule has 0 unspecified atom stereocenters. The molecule has 0 bridgehead atoms. The minimum atomic E-state index is 0. The summed E-state index contributed by atoms with van der Waals surface area (Å²) in [5.41, 5.74) is 0. The van der Waals surface area contributed by atoms with E-state index in [2.05, 4.69) is 0 Å². The van der Waals surface area contributed by atoms with Crippen LogP contribution in [0.2, 0.25) is 0 Å². The summed E-state index contributed by atoms with van der Waals surface area (Å²) >= 11 is 0. The van der Waals surface area contributed by atoms with Crippen LogP contribution in [0.25, 0.3) is 0 Å². The molecular weight excluding hydrogens is 128 g/mol. The first-order chi connectivity index (χ1) is 0.